The van der Waals surface area contributed by atoms with Crippen LogP contribution in [0.4, 0.5) is 8.78 Å². The minimum absolute atomic E-state index is 0.00162. The first kappa shape index (κ1) is 11.6. The maximum Gasteiger partial charge on any atom is 0.387 e. The van der Waals surface area contributed by atoms with Crippen molar-refractivity contribution in [2.45, 2.75) is 6.61 Å². The largest absolute Gasteiger partial charge is 0.470 e. The number of aliphatic imine (C=N–C) groups is 1. The van der Waals surface area contributed by atoms with Gasteiger partial charge >= 0.3 is 6.61 Å². The zero-order chi connectivity index (χ0) is 11.1. The monoisotopic (exact) mass is 231 g/mol. The molecule has 0 unspecified atom stereocenters. The molecule has 0 saturated heterocycles. The summed E-state index contributed by atoms with van der Waals surface area (Å²) in [6.45, 7) is -2.85. The van der Waals surface area contributed by atoms with Crippen LogP contribution in [0.5, 0.6) is 11.5 Å². The number of nitrogens with zero attached hydrogens (tertiary/aromatic N) is 1. The molecule has 0 fully saturated rings. The molecule has 1 aromatic carbocycles. The molecule has 0 bridgehead atoms. The topological polar surface area (TPSA) is 30.8 Å². The van der Waals surface area contributed by atoms with Gasteiger partial charge in [-0.2, -0.15) is 13.8 Å². The van der Waals surface area contributed by atoms with Crippen LogP contribution >= 0.6 is 12.2 Å². The molecule has 80 valence electrons. The lowest BCUT2D eigenvalue weighted by atomic mass is 10.3. The minimum Gasteiger partial charge on any atom is -0.470 e. The molecule has 0 aliphatic carbocycles. The summed E-state index contributed by atoms with van der Waals surface area (Å²) in [6, 6.07) is 5.87. The highest BCUT2D eigenvalue weighted by molar-refractivity contribution is 7.78. The van der Waals surface area contributed by atoms with Crippen molar-refractivity contribution in [3.05, 3.63) is 24.3 Å². The van der Waals surface area contributed by atoms with Crippen LogP contribution in [-0.2, 0) is 0 Å². The van der Waals surface area contributed by atoms with Crippen molar-refractivity contribution in [2.75, 3.05) is 6.73 Å². The predicted octanol–water partition coefficient (Wildman–Crippen LogP) is 2.73. The summed E-state index contributed by atoms with van der Waals surface area (Å²) in [4.78, 5) is 3.51. The van der Waals surface area contributed by atoms with Gasteiger partial charge in [-0.1, -0.05) is 6.07 Å². The summed E-state index contributed by atoms with van der Waals surface area (Å²) in [6.07, 6.45) is 0. The number of thiocarbonyl (C=S) groups is 1. The maximum absolute atomic E-state index is 11.9. The van der Waals surface area contributed by atoms with Crippen molar-refractivity contribution < 1.29 is 18.3 Å². The van der Waals surface area contributed by atoms with E-state index in [2.05, 4.69) is 27.1 Å². The van der Waals surface area contributed by atoms with Gasteiger partial charge in [-0.25, -0.2) is 0 Å². The number of ether oxygens (including phenoxy) is 2. The summed E-state index contributed by atoms with van der Waals surface area (Å²) in [5.41, 5.74) is 0. The number of rotatable bonds is 5. The highest BCUT2D eigenvalue weighted by atomic mass is 32.1. The fourth-order valence-electron chi connectivity index (χ4n) is 0.873. The molecule has 0 atom stereocenters. The van der Waals surface area contributed by atoms with E-state index in [1.54, 1.807) is 6.07 Å². The van der Waals surface area contributed by atoms with E-state index in [1.807, 2.05) is 0 Å². The van der Waals surface area contributed by atoms with E-state index in [9.17, 15) is 8.78 Å². The van der Waals surface area contributed by atoms with Gasteiger partial charge in [0, 0.05) is 6.07 Å². The van der Waals surface area contributed by atoms with Crippen molar-refractivity contribution in [1.29, 1.82) is 0 Å². The molecule has 0 radical (unpaired) electrons. The van der Waals surface area contributed by atoms with Crippen molar-refractivity contribution in [3.8, 4) is 11.5 Å². The second-order valence-corrected chi connectivity index (χ2v) is 2.56. The quantitative estimate of drug-likeness (QED) is 0.576. The first-order valence-corrected chi connectivity index (χ1v) is 4.34. The molecule has 0 heterocycles. The Hall–Kier alpha value is -1.52. The minimum atomic E-state index is -2.85. The number of benzene rings is 1. The van der Waals surface area contributed by atoms with Gasteiger partial charge in [-0.15, -0.1) is 0 Å². The van der Waals surface area contributed by atoms with Crippen LogP contribution in [0.15, 0.2) is 29.3 Å². The van der Waals surface area contributed by atoms with Crippen LogP contribution < -0.4 is 9.47 Å². The van der Waals surface area contributed by atoms with Crippen molar-refractivity contribution in [1.82, 2.24) is 0 Å². The number of isothiocyanates is 1. The van der Waals surface area contributed by atoms with Gasteiger partial charge < -0.3 is 9.47 Å². The number of halogens is 2. The van der Waals surface area contributed by atoms with Crippen LogP contribution in [0.25, 0.3) is 0 Å². The van der Waals surface area contributed by atoms with Crippen LogP contribution in [0.1, 0.15) is 0 Å². The number of hydrogen-bond donors (Lipinski definition) is 0. The van der Waals surface area contributed by atoms with E-state index in [0.717, 1.165) is 0 Å². The molecular weight excluding hydrogens is 224 g/mol. The summed E-state index contributed by atoms with van der Waals surface area (Å²) < 4.78 is 32.9. The first-order valence-electron chi connectivity index (χ1n) is 3.93. The van der Waals surface area contributed by atoms with Crippen LogP contribution in [0.3, 0.4) is 0 Å². The Bertz CT molecular complexity index is 367. The van der Waals surface area contributed by atoms with Gasteiger partial charge in [0.25, 0.3) is 0 Å². The van der Waals surface area contributed by atoms with E-state index in [4.69, 9.17) is 4.74 Å². The second kappa shape index (κ2) is 6.06. The Morgan fingerprint density at radius 2 is 2.13 bits per heavy atom. The molecule has 0 aromatic heterocycles. The van der Waals surface area contributed by atoms with Crippen LogP contribution in [0.2, 0.25) is 0 Å². The van der Waals surface area contributed by atoms with Crippen molar-refractivity contribution in [3.63, 3.8) is 0 Å². The Morgan fingerprint density at radius 3 is 2.80 bits per heavy atom. The Labute approximate surface area is 90.3 Å². The zero-order valence-electron chi connectivity index (χ0n) is 7.52. The molecule has 6 heteroatoms. The molecule has 0 spiro atoms. The zero-order valence-corrected chi connectivity index (χ0v) is 8.34. The van der Waals surface area contributed by atoms with E-state index < -0.39 is 6.61 Å². The van der Waals surface area contributed by atoms with Crippen molar-refractivity contribution >= 4 is 17.4 Å². The third kappa shape index (κ3) is 4.49. The average Bonchev–Trinajstić information content (AvgIpc) is 2.18. The molecule has 0 aliphatic heterocycles. The first-order chi connectivity index (χ1) is 7.22. The molecular formula is C9H7F2NO2S. The van der Waals surface area contributed by atoms with Crippen LogP contribution in [0, 0.1) is 0 Å². The summed E-state index contributed by atoms with van der Waals surface area (Å²) >= 11 is 4.33. The lowest BCUT2D eigenvalue weighted by Gasteiger charge is -2.06. The lowest BCUT2D eigenvalue weighted by Crippen LogP contribution is -2.02. The van der Waals surface area contributed by atoms with E-state index in [1.165, 1.54) is 18.2 Å². The highest BCUT2D eigenvalue weighted by Crippen LogP contribution is 2.20. The Kier molecular flexibility index (Phi) is 4.66. The summed E-state index contributed by atoms with van der Waals surface area (Å²) in [7, 11) is 0. The SMILES string of the molecule is FC(F)Oc1cccc(OCN=C=S)c1. The molecule has 0 saturated carbocycles. The molecule has 1 aromatic rings. The predicted molar refractivity (Wildman–Crippen MR) is 53.6 cm³/mol. The van der Waals surface area contributed by atoms with E-state index >= 15 is 0 Å². The highest BCUT2D eigenvalue weighted by Gasteiger charge is 2.04. The van der Waals surface area contributed by atoms with Gasteiger partial charge in [-0.05, 0) is 24.4 Å². The molecule has 0 amide bonds. The van der Waals surface area contributed by atoms with Gasteiger partial charge in [0.15, 0.2) is 6.73 Å². The van der Waals surface area contributed by atoms with Crippen molar-refractivity contribution in [2.24, 2.45) is 4.99 Å². The standard InChI is InChI=1S/C9H7F2NO2S/c10-9(11)14-8-3-1-2-7(4-8)13-5-12-6-15/h1-4,9H,5H2. The normalized spacial score (nSPS) is 9.53. The van der Waals surface area contributed by atoms with Gasteiger partial charge in [0.2, 0.25) is 0 Å². The average molecular weight is 231 g/mol. The second-order valence-electron chi connectivity index (χ2n) is 2.38. The summed E-state index contributed by atoms with van der Waals surface area (Å²) in [5, 5.41) is 2.12. The van der Waals surface area contributed by atoms with E-state index in [-0.39, 0.29) is 12.5 Å². The Balaban J connectivity index is 2.61. The maximum atomic E-state index is 11.9. The molecule has 0 aliphatic rings. The third-order valence-electron chi connectivity index (χ3n) is 1.39. The smallest absolute Gasteiger partial charge is 0.387 e. The number of hydrogen-bond acceptors (Lipinski definition) is 4. The molecule has 15 heavy (non-hydrogen) atoms. The number of alkyl halides is 2. The molecule has 0 N–H and O–H groups in total. The molecule has 3 nitrogen and oxygen atoms in total. The van der Waals surface area contributed by atoms with Gasteiger partial charge in [0.1, 0.15) is 11.5 Å². The fraction of sp³-hybridized carbons (Fsp3) is 0.222. The van der Waals surface area contributed by atoms with Crippen LogP contribution in [-0.4, -0.2) is 18.5 Å². The third-order valence-corrected chi connectivity index (χ3v) is 1.52. The van der Waals surface area contributed by atoms with Gasteiger partial charge in [0.05, 0.1) is 5.16 Å². The Morgan fingerprint density at radius 1 is 1.40 bits per heavy atom. The van der Waals surface area contributed by atoms with E-state index in [0.29, 0.717) is 5.75 Å². The summed E-state index contributed by atoms with van der Waals surface area (Å²) in [5.74, 6) is 0.413. The van der Waals surface area contributed by atoms with Gasteiger partial charge in [-0.3, -0.25) is 0 Å². The molecule has 1 rings (SSSR count). The lowest BCUT2D eigenvalue weighted by molar-refractivity contribution is -0.0499. The fourth-order valence-corrected chi connectivity index (χ4v) is 0.926.